The highest BCUT2D eigenvalue weighted by Gasteiger charge is 2.07. The Balaban J connectivity index is 2.60. The van der Waals surface area contributed by atoms with Crippen LogP contribution in [0, 0.1) is 0 Å². The van der Waals surface area contributed by atoms with Crippen LogP contribution < -0.4 is 5.32 Å². The number of anilines is 1. The SMILES string of the molecule is CCCc1cc(NC(CO)COC)ncn1. The van der Waals surface area contributed by atoms with E-state index in [-0.39, 0.29) is 12.6 Å². The molecule has 1 rings (SSSR count). The number of nitrogens with zero attached hydrogens (tertiary/aromatic N) is 2. The van der Waals surface area contributed by atoms with Gasteiger partial charge in [0, 0.05) is 18.9 Å². The highest BCUT2D eigenvalue weighted by Crippen LogP contribution is 2.07. The molecule has 0 amide bonds. The lowest BCUT2D eigenvalue weighted by Gasteiger charge is -2.15. The van der Waals surface area contributed by atoms with Crippen molar-refractivity contribution in [2.75, 3.05) is 25.6 Å². The number of methoxy groups -OCH3 is 1. The van der Waals surface area contributed by atoms with Crippen LogP contribution in [0.5, 0.6) is 0 Å². The maximum Gasteiger partial charge on any atom is 0.129 e. The smallest absolute Gasteiger partial charge is 0.129 e. The van der Waals surface area contributed by atoms with Crippen molar-refractivity contribution in [2.24, 2.45) is 0 Å². The molecule has 90 valence electrons. The normalized spacial score (nSPS) is 12.4. The number of aromatic nitrogens is 2. The van der Waals surface area contributed by atoms with E-state index in [0.29, 0.717) is 6.61 Å². The predicted molar refractivity (Wildman–Crippen MR) is 62.4 cm³/mol. The second-order valence-corrected chi connectivity index (χ2v) is 3.62. The van der Waals surface area contributed by atoms with Crippen LogP contribution >= 0.6 is 0 Å². The average Bonchev–Trinajstić information content (AvgIpc) is 2.29. The minimum Gasteiger partial charge on any atom is -0.394 e. The summed E-state index contributed by atoms with van der Waals surface area (Å²) in [5.74, 6) is 0.731. The van der Waals surface area contributed by atoms with Crippen molar-refractivity contribution in [3.8, 4) is 0 Å². The van der Waals surface area contributed by atoms with Gasteiger partial charge in [-0.05, 0) is 6.42 Å². The molecule has 2 N–H and O–H groups in total. The van der Waals surface area contributed by atoms with Crippen LogP contribution in [0.15, 0.2) is 12.4 Å². The van der Waals surface area contributed by atoms with Gasteiger partial charge in [0.1, 0.15) is 12.1 Å². The average molecular weight is 225 g/mol. The molecule has 0 bridgehead atoms. The van der Waals surface area contributed by atoms with Crippen molar-refractivity contribution in [1.29, 1.82) is 0 Å². The molecular weight excluding hydrogens is 206 g/mol. The van der Waals surface area contributed by atoms with Crippen molar-refractivity contribution in [3.63, 3.8) is 0 Å². The molecule has 16 heavy (non-hydrogen) atoms. The van der Waals surface area contributed by atoms with Crippen molar-refractivity contribution < 1.29 is 9.84 Å². The topological polar surface area (TPSA) is 67.3 Å². The molecule has 0 fully saturated rings. The fourth-order valence-corrected chi connectivity index (χ4v) is 1.42. The summed E-state index contributed by atoms with van der Waals surface area (Å²) < 4.78 is 4.98. The van der Waals surface area contributed by atoms with E-state index >= 15 is 0 Å². The summed E-state index contributed by atoms with van der Waals surface area (Å²) >= 11 is 0. The van der Waals surface area contributed by atoms with Crippen LogP contribution in [0.2, 0.25) is 0 Å². The van der Waals surface area contributed by atoms with Crippen molar-refractivity contribution in [2.45, 2.75) is 25.8 Å². The Labute approximate surface area is 95.9 Å². The van der Waals surface area contributed by atoms with E-state index in [1.165, 1.54) is 6.33 Å². The molecule has 1 atom stereocenters. The van der Waals surface area contributed by atoms with E-state index < -0.39 is 0 Å². The molecule has 0 aliphatic carbocycles. The molecule has 1 aromatic heterocycles. The quantitative estimate of drug-likeness (QED) is 0.720. The van der Waals surface area contributed by atoms with E-state index in [4.69, 9.17) is 9.84 Å². The number of aliphatic hydroxyl groups excluding tert-OH is 1. The van der Waals surface area contributed by atoms with Gasteiger partial charge in [0.2, 0.25) is 0 Å². The zero-order valence-corrected chi connectivity index (χ0v) is 9.81. The maximum absolute atomic E-state index is 9.11. The van der Waals surface area contributed by atoms with E-state index in [9.17, 15) is 0 Å². The fourth-order valence-electron chi connectivity index (χ4n) is 1.42. The second kappa shape index (κ2) is 7.14. The van der Waals surface area contributed by atoms with E-state index in [2.05, 4.69) is 22.2 Å². The lowest BCUT2D eigenvalue weighted by molar-refractivity contribution is 0.153. The lowest BCUT2D eigenvalue weighted by Crippen LogP contribution is -2.29. The van der Waals surface area contributed by atoms with Gasteiger partial charge in [-0.25, -0.2) is 9.97 Å². The number of hydrogen-bond acceptors (Lipinski definition) is 5. The second-order valence-electron chi connectivity index (χ2n) is 3.62. The van der Waals surface area contributed by atoms with Gasteiger partial charge >= 0.3 is 0 Å². The lowest BCUT2D eigenvalue weighted by atomic mass is 10.2. The number of hydrogen-bond donors (Lipinski definition) is 2. The molecule has 0 aromatic carbocycles. The van der Waals surface area contributed by atoms with Crippen molar-refractivity contribution in [1.82, 2.24) is 9.97 Å². The van der Waals surface area contributed by atoms with Crippen LogP contribution in [0.25, 0.3) is 0 Å². The summed E-state index contributed by atoms with van der Waals surface area (Å²) in [4.78, 5) is 8.27. The summed E-state index contributed by atoms with van der Waals surface area (Å²) in [7, 11) is 1.60. The number of nitrogens with one attached hydrogen (secondary N) is 1. The first-order valence-electron chi connectivity index (χ1n) is 5.47. The number of aliphatic hydroxyl groups is 1. The summed E-state index contributed by atoms with van der Waals surface area (Å²) in [5, 5.41) is 12.2. The highest BCUT2D eigenvalue weighted by atomic mass is 16.5. The molecule has 0 saturated carbocycles. The first-order valence-corrected chi connectivity index (χ1v) is 5.47. The van der Waals surface area contributed by atoms with Gasteiger partial charge in [-0.1, -0.05) is 13.3 Å². The Bertz CT molecular complexity index is 307. The molecule has 1 unspecified atom stereocenters. The van der Waals surface area contributed by atoms with E-state index in [1.807, 2.05) is 6.07 Å². The molecule has 0 aliphatic heterocycles. The number of ether oxygens (including phenoxy) is 1. The number of rotatable bonds is 7. The minimum absolute atomic E-state index is 0.0148. The first-order chi connectivity index (χ1) is 7.80. The summed E-state index contributed by atoms with van der Waals surface area (Å²) in [5.41, 5.74) is 1.01. The summed E-state index contributed by atoms with van der Waals surface area (Å²) in [6, 6.07) is 1.77. The standard InChI is InChI=1S/C11H19N3O2/c1-3-4-9-5-11(13-8-12-9)14-10(6-15)7-16-2/h5,8,10,15H,3-4,6-7H2,1-2H3,(H,12,13,14). The molecule has 0 radical (unpaired) electrons. The van der Waals surface area contributed by atoms with Gasteiger partial charge in [-0.2, -0.15) is 0 Å². The molecule has 0 saturated heterocycles. The Kier molecular flexibility index (Phi) is 5.74. The summed E-state index contributed by atoms with van der Waals surface area (Å²) in [6.07, 6.45) is 3.53. The predicted octanol–water partition coefficient (Wildman–Crippen LogP) is 0.848. The van der Waals surface area contributed by atoms with Crippen LogP contribution in [0.1, 0.15) is 19.0 Å². The molecule has 5 heteroatoms. The van der Waals surface area contributed by atoms with Gasteiger partial charge < -0.3 is 15.2 Å². The van der Waals surface area contributed by atoms with Crippen LogP contribution in [-0.4, -0.2) is 41.4 Å². The van der Waals surface area contributed by atoms with E-state index in [0.717, 1.165) is 24.4 Å². The Hall–Kier alpha value is -1.20. The Morgan fingerprint density at radius 2 is 2.31 bits per heavy atom. The summed E-state index contributed by atoms with van der Waals surface area (Å²) in [6.45, 7) is 2.57. The Morgan fingerprint density at radius 3 is 2.94 bits per heavy atom. The molecular formula is C11H19N3O2. The zero-order chi connectivity index (χ0) is 11.8. The highest BCUT2D eigenvalue weighted by molar-refractivity contribution is 5.36. The third-order valence-corrected chi connectivity index (χ3v) is 2.17. The minimum atomic E-state index is -0.130. The maximum atomic E-state index is 9.11. The first kappa shape index (κ1) is 12.9. The van der Waals surface area contributed by atoms with Crippen LogP contribution in [0.3, 0.4) is 0 Å². The largest absolute Gasteiger partial charge is 0.394 e. The van der Waals surface area contributed by atoms with Gasteiger partial charge in [0.05, 0.1) is 19.3 Å². The Morgan fingerprint density at radius 1 is 1.50 bits per heavy atom. The zero-order valence-electron chi connectivity index (χ0n) is 9.81. The van der Waals surface area contributed by atoms with Gasteiger partial charge in [0.25, 0.3) is 0 Å². The van der Waals surface area contributed by atoms with Gasteiger partial charge in [-0.3, -0.25) is 0 Å². The third kappa shape index (κ3) is 4.12. The molecule has 5 nitrogen and oxygen atoms in total. The third-order valence-electron chi connectivity index (χ3n) is 2.17. The molecule has 1 aromatic rings. The monoisotopic (exact) mass is 225 g/mol. The van der Waals surface area contributed by atoms with Gasteiger partial charge in [-0.15, -0.1) is 0 Å². The molecule has 0 aliphatic rings. The fraction of sp³-hybridized carbons (Fsp3) is 0.636. The van der Waals surface area contributed by atoms with Crippen LogP contribution in [-0.2, 0) is 11.2 Å². The van der Waals surface area contributed by atoms with E-state index in [1.54, 1.807) is 7.11 Å². The van der Waals surface area contributed by atoms with Gasteiger partial charge in [0.15, 0.2) is 0 Å². The van der Waals surface area contributed by atoms with Crippen molar-refractivity contribution >= 4 is 5.82 Å². The molecule has 1 heterocycles. The number of aryl methyl sites for hydroxylation is 1. The van der Waals surface area contributed by atoms with Crippen molar-refractivity contribution in [3.05, 3.63) is 18.1 Å². The van der Waals surface area contributed by atoms with Crippen LogP contribution in [0.4, 0.5) is 5.82 Å². The molecule has 0 spiro atoms.